The van der Waals surface area contributed by atoms with Gasteiger partial charge in [-0.1, -0.05) is 36.5 Å². The molecule has 0 atom stereocenters. The molecule has 0 aliphatic rings. The summed E-state index contributed by atoms with van der Waals surface area (Å²) in [6.45, 7) is 0. The summed E-state index contributed by atoms with van der Waals surface area (Å²) in [5.41, 5.74) is 6.22. The van der Waals surface area contributed by atoms with E-state index in [1.54, 1.807) is 30.3 Å². The number of carbonyl (C=O) groups excluding carboxylic acids is 1. The molecule has 96 valence electrons. The van der Waals surface area contributed by atoms with Crippen LogP contribution in [-0.4, -0.2) is 15.9 Å². The van der Waals surface area contributed by atoms with Crippen molar-refractivity contribution in [2.75, 3.05) is 16.4 Å². The normalized spacial score (nSPS) is 9.68. The molecule has 19 heavy (non-hydrogen) atoms. The Labute approximate surface area is 115 Å². The van der Waals surface area contributed by atoms with Crippen molar-refractivity contribution < 1.29 is 4.79 Å². The minimum Gasteiger partial charge on any atom is -0.384 e. The van der Waals surface area contributed by atoms with Crippen molar-refractivity contribution in [3.63, 3.8) is 0 Å². The zero-order chi connectivity index (χ0) is 13.7. The highest BCUT2D eigenvalue weighted by atomic mass is 32.1. The number of hydrogen-bond acceptors (Lipinski definition) is 4. The Hall–Kier alpha value is -2.47. The molecule has 0 bridgehead atoms. The molecule has 6 heteroatoms. The van der Waals surface area contributed by atoms with Gasteiger partial charge in [-0.2, -0.15) is 0 Å². The lowest BCUT2D eigenvalue weighted by Crippen LogP contribution is -2.27. The Bertz CT molecular complexity index is 601. The molecule has 4 N–H and O–H groups in total. The number of nitrogens with two attached hydrogens (primary N) is 1. The first-order chi connectivity index (χ1) is 9.15. The third kappa shape index (κ3) is 3.75. The molecule has 0 aliphatic carbocycles. The number of anilines is 3. The van der Waals surface area contributed by atoms with Crippen LogP contribution in [0.25, 0.3) is 0 Å². The fourth-order valence-corrected chi connectivity index (χ4v) is 1.56. The third-order valence-corrected chi connectivity index (χ3v) is 2.54. The monoisotopic (exact) mass is 272 g/mol. The second kappa shape index (κ2) is 5.92. The van der Waals surface area contributed by atoms with Crippen molar-refractivity contribution in [2.45, 2.75) is 0 Å². The number of aromatic nitrogens is 1. The first-order valence-corrected chi connectivity index (χ1v) is 5.96. The highest BCUT2D eigenvalue weighted by Gasteiger charge is 2.10. The fourth-order valence-electron chi connectivity index (χ4n) is 1.40. The second-order valence-electron chi connectivity index (χ2n) is 3.72. The van der Waals surface area contributed by atoms with Crippen LogP contribution in [0.5, 0.6) is 0 Å². The molecule has 2 rings (SSSR count). The van der Waals surface area contributed by atoms with Gasteiger partial charge in [0.1, 0.15) is 11.6 Å². The predicted octanol–water partition coefficient (Wildman–Crippen LogP) is 2.04. The number of thiocarbonyl (C=S) groups is 1. The number of nitrogens with zero attached hydrogens (tertiary/aromatic N) is 1. The van der Waals surface area contributed by atoms with E-state index in [1.165, 1.54) is 0 Å². The lowest BCUT2D eigenvalue weighted by Gasteiger charge is -2.08. The zero-order valence-corrected chi connectivity index (χ0v) is 10.8. The third-order valence-electron chi connectivity index (χ3n) is 2.25. The van der Waals surface area contributed by atoms with E-state index in [9.17, 15) is 4.79 Å². The number of rotatable bonds is 2. The van der Waals surface area contributed by atoms with Crippen LogP contribution in [0, 0.1) is 0 Å². The van der Waals surface area contributed by atoms with Gasteiger partial charge in [0, 0.05) is 5.69 Å². The minimum absolute atomic E-state index is 0.0296. The molecule has 1 amide bonds. The van der Waals surface area contributed by atoms with Crippen LogP contribution in [-0.2, 0) is 4.79 Å². The van der Waals surface area contributed by atoms with Crippen molar-refractivity contribution in [3.05, 3.63) is 48.5 Å². The molecular weight excluding hydrogens is 260 g/mol. The van der Waals surface area contributed by atoms with E-state index in [0.717, 1.165) is 0 Å². The summed E-state index contributed by atoms with van der Waals surface area (Å²) in [4.78, 5) is 15.9. The van der Waals surface area contributed by atoms with Crippen LogP contribution in [0.3, 0.4) is 0 Å². The van der Waals surface area contributed by atoms with Gasteiger partial charge in [0.2, 0.25) is 0 Å². The summed E-state index contributed by atoms with van der Waals surface area (Å²) >= 11 is 5.00. The largest absolute Gasteiger partial charge is 0.384 e. The fraction of sp³-hybridized carbons (Fsp3) is 0. The smallest absolute Gasteiger partial charge is 0.283 e. The van der Waals surface area contributed by atoms with Crippen molar-refractivity contribution in [3.8, 4) is 0 Å². The Kier molecular flexibility index (Phi) is 4.04. The van der Waals surface area contributed by atoms with Gasteiger partial charge in [0.15, 0.2) is 4.99 Å². The predicted molar refractivity (Wildman–Crippen MR) is 79.9 cm³/mol. The van der Waals surface area contributed by atoms with Crippen molar-refractivity contribution >= 4 is 40.4 Å². The summed E-state index contributed by atoms with van der Waals surface area (Å²) in [6.07, 6.45) is 0. The van der Waals surface area contributed by atoms with Crippen LogP contribution in [0.15, 0.2) is 48.5 Å². The number of benzene rings is 1. The number of hydrogen-bond donors (Lipinski definition) is 3. The summed E-state index contributed by atoms with van der Waals surface area (Å²) in [5, 5.41) is 5.41. The Morgan fingerprint density at radius 2 is 1.79 bits per heavy atom. The van der Waals surface area contributed by atoms with Gasteiger partial charge >= 0.3 is 0 Å². The van der Waals surface area contributed by atoms with Gasteiger partial charge in [0.25, 0.3) is 5.91 Å². The molecule has 0 saturated heterocycles. The molecule has 0 spiro atoms. The van der Waals surface area contributed by atoms with Gasteiger partial charge in [-0.05, 0) is 24.3 Å². The quantitative estimate of drug-likeness (QED) is 0.729. The molecule has 2 aromatic rings. The zero-order valence-electron chi connectivity index (χ0n) is 9.96. The summed E-state index contributed by atoms with van der Waals surface area (Å²) < 4.78 is 0. The van der Waals surface area contributed by atoms with E-state index in [2.05, 4.69) is 15.6 Å². The Morgan fingerprint density at radius 1 is 1.05 bits per heavy atom. The lowest BCUT2D eigenvalue weighted by molar-refractivity contribution is -0.110. The lowest BCUT2D eigenvalue weighted by atomic mass is 10.3. The van der Waals surface area contributed by atoms with E-state index in [4.69, 9.17) is 18.0 Å². The maximum Gasteiger partial charge on any atom is 0.283 e. The first kappa shape index (κ1) is 13.0. The highest BCUT2D eigenvalue weighted by Crippen LogP contribution is 2.08. The van der Waals surface area contributed by atoms with Crippen LogP contribution < -0.4 is 16.4 Å². The van der Waals surface area contributed by atoms with E-state index in [0.29, 0.717) is 17.3 Å². The number of amides is 1. The summed E-state index contributed by atoms with van der Waals surface area (Å²) in [7, 11) is 0. The minimum atomic E-state index is -0.398. The van der Waals surface area contributed by atoms with Gasteiger partial charge in [-0.25, -0.2) is 4.98 Å². The number of nitrogen functional groups attached to an aromatic ring is 1. The van der Waals surface area contributed by atoms with Crippen LogP contribution in [0.2, 0.25) is 0 Å². The maximum absolute atomic E-state index is 11.8. The van der Waals surface area contributed by atoms with E-state index >= 15 is 0 Å². The summed E-state index contributed by atoms with van der Waals surface area (Å²) in [6, 6.07) is 14.1. The van der Waals surface area contributed by atoms with Crippen molar-refractivity contribution in [1.29, 1.82) is 0 Å². The van der Waals surface area contributed by atoms with E-state index in [-0.39, 0.29) is 4.99 Å². The maximum atomic E-state index is 11.8. The molecule has 5 nitrogen and oxygen atoms in total. The Balaban J connectivity index is 1.98. The van der Waals surface area contributed by atoms with Gasteiger partial charge < -0.3 is 16.4 Å². The number of para-hydroxylation sites is 1. The van der Waals surface area contributed by atoms with Crippen molar-refractivity contribution in [1.82, 2.24) is 4.98 Å². The number of nitrogens with one attached hydrogen (secondary N) is 2. The van der Waals surface area contributed by atoms with Crippen LogP contribution >= 0.6 is 12.2 Å². The topological polar surface area (TPSA) is 80.0 Å². The summed E-state index contributed by atoms with van der Waals surface area (Å²) in [5.74, 6) is 0.398. The molecule has 0 radical (unpaired) electrons. The van der Waals surface area contributed by atoms with Crippen LogP contribution in [0.1, 0.15) is 0 Å². The molecule has 1 heterocycles. The van der Waals surface area contributed by atoms with Gasteiger partial charge in [-0.3, -0.25) is 4.79 Å². The van der Waals surface area contributed by atoms with Gasteiger partial charge in [0.05, 0.1) is 0 Å². The molecule has 0 aliphatic heterocycles. The average molecular weight is 272 g/mol. The molecule has 0 fully saturated rings. The number of pyridine rings is 1. The number of carbonyl (C=O) groups is 1. The molecule has 0 unspecified atom stereocenters. The second-order valence-corrected chi connectivity index (χ2v) is 4.13. The standard InChI is InChI=1S/C13H12N4OS/c14-10-7-4-8-11(16-10)17-13(19)12(18)15-9-5-2-1-3-6-9/h1-8H,(H,15,18)(H3,14,16,17,19). The first-order valence-electron chi connectivity index (χ1n) is 5.55. The van der Waals surface area contributed by atoms with E-state index in [1.807, 2.05) is 18.2 Å². The highest BCUT2D eigenvalue weighted by molar-refractivity contribution is 7.82. The SMILES string of the molecule is Nc1cccc(NC(=S)C(=O)Nc2ccccc2)n1. The molecule has 1 aromatic carbocycles. The Morgan fingerprint density at radius 3 is 2.47 bits per heavy atom. The van der Waals surface area contributed by atoms with Crippen LogP contribution in [0.4, 0.5) is 17.3 Å². The van der Waals surface area contributed by atoms with Gasteiger partial charge in [-0.15, -0.1) is 0 Å². The molecule has 1 aromatic heterocycles. The molecule has 0 saturated carbocycles. The van der Waals surface area contributed by atoms with Crippen molar-refractivity contribution in [2.24, 2.45) is 0 Å². The molecular formula is C13H12N4OS. The average Bonchev–Trinajstić information content (AvgIpc) is 2.40. The van der Waals surface area contributed by atoms with E-state index < -0.39 is 5.91 Å².